The fourth-order valence-corrected chi connectivity index (χ4v) is 4.12. The molecular formula is C26H21F7O2. The number of benzene rings is 3. The van der Waals surface area contributed by atoms with E-state index in [0.717, 1.165) is 18.4 Å². The molecule has 0 spiro atoms. The van der Waals surface area contributed by atoms with Gasteiger partial charge in [-0.3, -0.25) is 0 Å². The molecule has 1 aliphatic rings. The molecule has 0 atom stereocenters. The van der Waals surface area contributed by atoms with E-state index in [1.165, 1.54) is 12.8 Å². The van der Waals surface area contributed by atoms with Crippen LogP contribution in [0.2, 0.25) is 0 Å². The van der Waals surface area contributed by atoms with Crippen molar-refractivity contribution >= 4 is 0 Å². The van der Waals surface area contributed by atoms with Crippen LogP contribution < -0.4 is 4.74 Å². The Morgan fingerprint density at radius 1 is 0.743 bits per heavy atom. The summed E-state index contributed by atoms with van der Waals surface area (Å²) in [5, 5.41) is 0. The lowest BCUT2D eigenvalue weighted by Crippen LogP contribution is -2.25. The summed E-state index contributed by atoms with van der Waals surface area (Å²) in [5.74, 6) is -9.30. The van der Waals surface area contributed by atoms with Crippen LogP contribution in [-0.4, -0.2) is 6.61 Å². The van der Waals surface area contributed by atoms with Crippen LogP contribution in [0.3, 0.4) is 0 Å². The molecule has 1 aliphatic carbocycles. The van der Waals surface area contributed by atoms with Crippen molar-refractivity contribution in [3.63, 3.8) is 0 Å². The van der Waals surface area contributed by atoms with Gasteiger partial charge >= 0.3 is 6.11 Å². The molecule has 3 aromatic carbocycles. The minimum atomic E-state index is -4.64. The number of rotatable bonds is 8. The topological polar surface area (TPSA) is 18.5 Å². The zero-order chi connectivity index (χ0) is 25.2. The highest BCUT2D eigenvalue weighted by Crippen LogP contribution is 2.37. The molecule has 3 aromatic rings. The predicted molar refractivity (Wildman–Crippen MR) is 114 cm³/mol. The number of ether oxygens (including phenoxy) is 2. The van der Waals surface area contributed by atoms with Gasteiger partial charge < -0.3 is 9.47 Å². The van der Waals surface area contributed by atoms with Gasteiger partial charge in [0.1, 0.15) is 22.9 Å². The maximum absolute atomic E-state index is 14.6. The smallest absolute Gasteiger partial charge is 0.429 e. The fourth-order valence-electron chi connectivity index (χ4n) is 4.12. The van der Waals surface area contributed by atoms with Crippen molar-refractivity contribution < 1.29 is 40.2 Å². The molecule has 186 valence electrons. The normalized spacial score (nSPS) is 14.5. The minimum Gasteiger partial charge on any atom is -0.429 e. The second-order valence-electron chi connectivity index (χ2n) is 8.50. The van der Waals surface area contributed by atoms with Crippen LogP contribution in [0.25, 0.3) is 11.1 Å². The zero-order valence-electron chi connectivity index (χ0n) is 18.4. The van der Waals surface area contributed by atoms with Crippen LogP contribution >= 0.6 is 0 Å². The Morgan fingerprint density at radius 3 is 1.89 bits per heavy atom. The van der Waals surface area contributed by atoms with Gasteiger partial charge in [0.15, 0.2) is 17.5 Å². The van der Waals surface area contributed by atoms with E-state index in [0.29, 0.717) is 36.8 Å². The monoisotopic (exact) mass is 498 g/mol. The first-order valence-corrected chi connectivity index (χ1v) is 11.0. The van der Waals surface area contributed by atoms with Crippen molar-refractivity contribution in [2.45, 2.75) is 38.4 Å². The van der Waals surface area contributed by atoms with E-state index in [4.69, 9.17) is 4.74 Å². The highest BCUT2D eigenvalue weighted by atomic mass is 19.3. The first-order valence-electron chi connectivity index (χ1n) is 11.0. The second kappa shape index (κ2) is 10.3. The number of hydrogen-bond donors (Lipinski definition) is 0. The third kappa shape index (κ3) is 5.78. The predicted octanol–water partition coefficient (Wildman–Crippen LogP) is 7.88. The quantitative estimate of drug-likeness (QED) is 0.232. The molecule has 0 saturated heterocycles. The third-order valence-corrected chi connectivity index (χ3v) is 5.92. The highest BCUT2D eigenvalue weighted by molar-refractivity contribution is 5.64. The van der Waals surface area contributed by atoms with Crippen molar-refractivity contribution in [1.82, 2.24) is 0 Å². The molecule has 1 saturated carbocycles. The molecule has 35 heavy (non-hydrogen) atoms. The van der Waals surface area contributed by atoms with Crippen LogP contribution in [0, 0.1) is 35.0 Å². The Balaban J connectivity index is 1.48. The molecule has 0 heterocycles. The SMILES string of the molecule is Fc1cc(OC(F)(F)c2c(F)cc(-c3ccc(COCC4CCCC4)cc3)cc2F)cc(F)c1F. The van der Waals surface area contributed by atoms with Crippen LogP contribution in [0.5, 0.6) is 5.75 Å². The number of hydrogen-bond acceptors (Lipinski definition) is 2. The first-order chi connectivity index (χ1) is 16.6. The summed E-state index contributed by atoms with van der Waals surface area (Å²) in [6.45, 7) is 1.06. The average molecular weight is 498 g/mol. The molecule has 0 bridgehead atoms. The Bertz CT molecular complexity index is 1140. The van der Waals surface area contributed by atoms with E-state index in [9.17, 15) is 30.7 Å². The van der Waals surface area contributed by atoms with Crippen molar-refractivity contribution in [2.24, 2.45) is 5.92 Å². The first kappa shape index (κ1) is 25.0. The van der Waals surface area contributed by atoms with Crippen molar-refractivity contribution in [1.29, 1.82) is 0 Å². The summed E-state index contributed by atoms with van der Waals surface area (Å²) < 4.78 is 108. The van der Waals surface area contributed by atoms with Crippen molar-refractivity contribution in [3.05, 3.63) is 88.7 Å². The Kier molecular flexibility index (Phi) is 7.35. The fraction of sp³-hybridized carbons (Fsp3) is 0.308. The molecule has 0 aromatic heterocycles. The van der Waals surface area contributed by atoms with Gasteiger partial charge in [-0.05, 0) is 47.6 Å². The summed E-state index contributed by atoms with van der Waals surface area (Å²) in [6.07, 6.45) is 0.123. The van der Waals surface area contributed by atoms with Gasteiger partial charge in [0, 0.05) is 18.7 Å². The molecule has 4 rings (SSSR count). The van der Waals surface area contributed by atoms with Crippen LogP contribution in [0.15, 0.2) is 48.5 Å². The van der Waals surface area contributed by atoms with E-state index in [-0.39, 0.29) is 17.7 Å². The summed E-state index contributed by atoms with van der Waals surface area (Å²) in [5.41, 5.74) is -0.524. The largest absolute Gasteiger partial charge is 0.432 e. The zero-order valence-corrected chi connectivity index (χ0v) is 18.4. The molecule has 0 radical (unpaired) electrons. The van der Waals surface area contributed by atoms with Gasteiger partial charge in [-0.25, -0.2) is 22.0 Å². The van der Waals surface area contributed by atoms with Gasteiger partial charge in [-0.1, -0.05) is 37.1 Å². The highest BCUT2D eigenvalue weighted by Gasteiger charge is 2.41. The van der Waals surface area contributed by atoms with Crippen LogP contribution in [0.4, 0.5) is 30.7 Å². The van der Waals surface area contributed by atoms with Gasteiger partial charge in [0.25, 0.3) is 0 Å². The second-order valence-corrected chi connectivity index (χ2v) is 8.50. The maximum Gasteiger partial charge on any atom is 0.432 e. The molecule has 0 amide bonds. The molecule has 9 heteroatoms. The van der Waals surface area contributed by atoms with E-state index in [1.807, 2.05) is 0 Å². The summed E-state index contributed by atoms with van der Waals surface area (Å²) in [7, 11) is 0. The van der Waals surface area contributed by atoms with Gasteiger partial charge in [0.2, 0.25) is 0 Å². The maximum atomic E-state index is 14.6. The van der Waals surface area contributed by atoms with Gasteiger partial charge in [0.05, 0.1) is 6.61 Å². The summed E-state index contributed by atoms with van der Waals surface area (Å²) in [6, 6.07) is 8.29. The van der Waals surface area contributed by atoms with E-state index < -0.39 is 46.5 Å². The Labute approximate surface area is 197 Å². The minimum absolute atomic E-state index is 0.00292. The lowest BCUT2D eigenvalue weighted by atomic mass is 10.0. The van der Waals surface area contributed by atoms with E-state index in [1.54, 1.807) is 24.3 Å². The molecule has 1 fully saturated rings. The Hall–Kier alpha value is -3.07. The molecule has 0 aliphatic heterocycles. The Morgan fingerprint density at radius 2 is 1.31 bits per heavy atom. The van der Waals surface area contributed by atoms with Crippen molar-refractivity contribution in [3.8, 4) is 16.9 Å². The van der Waals surface area contributed by atoms with Crippen LogP contribution in [0.1, 0.15) is 36.8 Å². The lowest BCUT2D eigenvalue weighted by molar-refractivity contribution is -0.189. The average Bonchev–Trinajstić information content (AvgIpc) is 3.30. The van der Waals surface area contributed by atoms with Gasteiger partial charge in [-0.15, -0.1) is 0 Å². The molecule has 2 nitrogen and oxygen atoms in total. The molecule has 0 N–H and O–H groups in total. The third-order valence-electron chi connectivity index (χ3n) is 5.92. The standard InChI is InChI=1S/C26H21F7O2/c27-20-9-18(17-7-5-16(6-8-17)14-34-13-15-3-1-2-4-15)10-21(28)24(20)26(32,33)35-19-11-22(29)25(31)23(30)12-19/h5-12,15H,1-4,13-14H2. The van der Waals surface area contributed by atoms with Gasteiger partial charge in [-0.2, -0.15) is 8.78 Å². The number of halogens is 7. The van der Waals surface area contributed by atoms with E-state index in [2.05, 4.69) is 4.74 Å². The summed E-state index contributed by atoms with van der Waals surface area (Å²) >= 11 is 0. The van der Waals surface area contributed by atoms with Crippen molar-refractivity contribution in [2.75, 3.05) is 6.61 Å². The van der Waals surface area contributed by atoms with Crippen LogP contribution in [-0.2, 0) is 17.5 Å². The lowest BCUT2D eigenvalue weighted by Gasteiger charge is -2.20. The number of alkyl halides is 2. The molecule has 0 unspecified atom stereocenters. The van der Waals surface area contributed by atoms with E-state index >= 15 is 0 Å². The molecular weight excluding hydrogens is 477 g/mol. The summed E-state index contributed by atoms with van der Waals surface area (Å²) in [4.78, 5) is 0.